The predicted octanol–water partition coefficient (Wildman–Crippen LogP) is 1.98. The molecule has 3 atom stereocenters. The van der Waals surface area contributed by atoms with Crippen LogP contribution in [0.3, 0.4) is 0 Å². The van der Waals surface area contributed by atoms with Gasteiger partial charge in [0.25, 0.3) is 5.69 Å². The molecule has 0 aliphatic carbocycles. The van der Waals surface area contributed by atoms with E-state index in [1.807, 2.05) is 0 Å². The number of aromatic nitrogens is 1. The van der Waals surface area contributed by atoms with Crippen molar-refractivity contribution in [3.8, 4) is 0 Å². The summed E-state index contributed by atoms with van der Waals surface area (Å²) in [6.07, 6.45) is 3.15. The van der Waals surface area contributed by atoms with Gasteiger partial charge in [0.2, 0.25) is 0 Å². The molecule has 1 N–H and O–H groups in total. The molecule has 0 amide bonds. The van der Waals surface area contributed by atoms with Crippen molar-refractivity contribution in [2.75, 3.05) is 0 Å². The lowest BCUT2D eigenvalue weighted by molar-refractivity contribution is -0.386. The summed E-state index contributed by atoms with van der Waals surface area (Å²) >= 11 is 0. The minimum Gasteiger partial charge on any atom is -0.387 e. The third-order valence-electron chi connectivity index (χ3n) is 3.53. The first-order valence-electron chi connectivity index (χ1n) is 5.88. The molecular weight excluding hydrogens is 236 g/mol. The molecule has 2 heterocycles. The van der Waals surface area contributed by atoms with Gasteiger partial charge in [-0.05, 0) is 32.8 Å². The summed E-state index contributed by atoms with van der Waals surface area (Å²) in [5, 5.41) is 20.9. The molecule has 0 aromatic carbocycles. The van der Waals surface area contributed by atoms with E-state index in [-0.39, 0.29) is 17.9 Å². The minimum absolute atomic E-state index is 0.0313. The highest BCUT2D eigenvalue weighted by Gasteiger charge is 2.38. The van der Waals surface area contributed by atoms with Gasteiger partial charge in [-0.25, -0.2) is 0 Å². The lowest BCUT2D eigenvalue weighted by Gasteiger charge is -2.39. The Balaban J connectivity index is 2.26. The molecule has 0 saturated carbocycles. The number of ether oxygens (including phenoxy) is 1. The van der Waals surface area contributed by atoms with Gasteiger partial charge in [-0.2, -0.15) is 0 Å². The van der Waals surface area contributed by atoms with Crippen LogP contribution in [0.5, 0.6) is 0 Å². The fourth-order valence-corrected chi connectivity index (χ4v) is 2.14. The predicted molar refractivity (Wildman–Crippen MR) is 64.0 cm³/mol. The smallest absolute Gasteiger partial charge is 0.293 e. The van der Waals surface area contributed by atoms with E-state index in [1.54, 1.807) is 19.9 Å². The van der Waals surface area contributed by atoms with Crippen LogP contribution in [-0.4, -0.2) is 26.7 Å². The van der Waals surface area contributed by atoms with Gasteiger partial charge in [0, 0.05) is 6.20 Å². The highest BCUT2D eigenvalue weighted by molar-refractivity contribution is 5.38. The Morgan fingerprint density at radius 1 is 1.67 bits per heavy atom. The molecular formula is C12H16N2O4. The van der Waals surface area contributed by atoms with Crippen LogP contribution >= 0.6 is 0 Å². The molecule has 3 unspecified atom stereocenters. The van der Waals surface area contributed by atoms with Gasteiger partial charge in [0.05, 0.1) is 28.3 Å². The molecule has 1 aliphatic rings. The van der Waals surface area contributed by atoms with Gasteiger partial charge < -0.3 is 9.84 Å². The fourth-order valence-electron chi connectivity index (χ4n) is 2.14. The highest BCUT2D eigenvalue weighted by atomic mass is 16.6. The largest absolute Gasteiger partial charge is 0.387 e. The lowest BCUT2D eigenvalue weighted by Crippen LogP contribution is -2.43. The van der Waals surface area contributed by atoms with Gasteiger partial charge in [0.15, 0.2) is 0 Å². The van der Waals surface area contributed by atoms with E-state index in [0.29, 0.717) is 18.4 Å². The second-order valence-electron chi connectivity index (χ2n) is 4.85. The molecule has 1 fully saturated rings. The van der Waals surface area contributed by atoms with E-state index in [9.17, 15) is 15.2 Å². The van der Waals surface area contributed by atoms with Crippen LogP contribution in [0.25, 0.3) is 0 Å². The number of hydrogen-bond donors (Lipinski definition) is 1. The van der Waals surface area contributed by atoms with Crippen LogP contribution in [0.2, 0.25) is 0 Å². The maximum atomic E-state index is 10.9. The standard InChI is InChI=1S/C12H16N2O4/c1-8-12(2,15)5-3-11(18-8)9-4-6-13-7-10(9)14(16)17/h4,6-8,11,15H,3,5H2,1-2H3. The van der Waals surface area contributed by atoms with Crippen LogP contribution in [0.15, 0.2) is 18.5 Å². The van der Waals surface area contributed by atoms with Gasteiger partial charge in [-0.1, -0.05) is 0 Å². The average Bonchev–Trinajstić information content (AvgIpc) is 2.33. The minimum atomic E-state index is -0.877. The Kier molecular flexibility index (Phi) is 3.32. The monoisotopic (exact) mass is 252 g/mol. The number of aliphatic hydroxyl groups is 1. The van der Waals surface area contributed by atoms with Crippen LogP contribution in [0.4, 0.5) is 5.69 Å². The molecule has 1 aliphatic heterocycles. The summed E-state index contributed by atoms with van der Waals surface area (Å²) in [5.74, 6) is 0. The van der Waals surface area contributed by atoms with Crippen molar-refractivity contribution in [1.29, 1.82) is 0 Å². The quantitative estimate of drug-likeness (QED) is 0.642. The molecule has 0 bridgehead atoms. The first kappa shape index (κ1) is 12.9. The van der Waals surface area contributed by atoms with E-state index >= 15 is 0 Å². The third-order valence-corrected chi connectivity index (χ3v) is 3.53. The molecule has 18 heavy (non-hydrogen) atoms. The summed E-state index contributed by atoms with van der Waals surface area (Å²) in [6.45, 7) is 3.49. The van der Waals surface area contributed by atoms with Gasteiger partial charge in [-0.15, -0.1) is 0 Å². The Labute approximate surface area is 105 Å². The Morgan fingerprint density at radius 3 is 3.00 bits per heavy atom. The van der Waals surface area contributed by atoms with Crippen molar-refractivity contribution in [3.05, 3.63) is 34.1 Å². The Hall–Kier alpha value is -1.53. The SMILES string of the molecule is CC1OC(c2ccncc2[N+](=O)[O-])CCC1(C)O. The van der Waals surface area contributed by atoms with Gasteiger partial charge in [-0.3, -0.25) is 15.1 Å². The molecule has 1 aromatic rings. The third kappa shape index (κ3) is 2.34. The number of nitrogens with zero attached hydrogens (tertiary/aromatic N) is 2. The second-order valence-corrected chi connectivity index (χ2v) is 4.85. The van der Waals surface area contributed by atoms with Crippen LogP contribution in [0, 0.1) is 10.1 Å². The van der Waals surface area contributed by atoms with E-state index in [2.05, 4.69) is 4.98 Å². The van der Waals surface area contributed by atoms with E-state index in [0.717, 1.165) is 0 Å². The molecule has 98 valence electrons. The number of hydrogen-bond acceptors (Lipinski definition) is 5. The summed E-state index contributed by atoms with van der Waals surface area (Å²) < 4.78 is 5.70. The highest BCUT2D eigenvalue weighted by Crippen LogP contribution is 2.39. The first-order chi connectivity index (χ1) is 8.42. The molecule has 2 rings (SSSR count). The van der Waals surface area contributed by atoms with Crippen molar-refractivity contribution < 1.29 is 14.8 Å². The molecule has 0 radical (unpaired) electrons. The van der Waals surface area contributed by atoms with Crippen molar-refractivity contribution >= 4 is 5.69 Å². The Bertz CT molecular complexity index is 461. The zero-order valence-corrected chi connectivity index (χ0v) is 10.4. The molecule has 1 aromatic heterocycles. The molecule has 6 heteroatoms. The van der Waals surface area contributed by atoms with Crippen molar-refractivity contribution in [1.82, 2.24) is 4.98 Å². The normalized spacial score (nSPS) is 32.2. The number of nitro groups is 1. The van der Waals surface area contributed by atoms with Crippen LogP contribution in [0.1, 0.15) is 38.4 Å². The topological polar surface area (TPSA) is 85.5 Å². The van der Waals surface area contributed by atoms with Crippen LogP contribution < -0.4 is 0 Å². The van der Waals surface area contributed by atoms with Gasteiger partial charge in [0.1, 0.15) is 6.20 Å². The first-order valence-corrected chi connectivity index (χ1v) is 5.88. The zero-order valence-electron chi connectivity index (χ0n) is 10.4. The second kappa shape index (κ2) is 4.62. The van der Waals surface area contributed by atoms with E-state index in [1.165, 1.54) is 12.4 Å². The maximum absolute atomic E-state index is 10.9. The van der Waals surface area contributed by atoms with E-state index in [4.69, 9.17) is 4.74 Å². The summed E-state index contributed by atoms with van der Waals surface area (Å²) in [4.78, 5) is 14.2. The van der Waals surface area contributed by atoms with Crippen LogP contribution in [-0.2, 0) is 4.74 Å². The summed E-state index contributed by atoms with van der Waals surface area (Å²) in [5.41, 5.74) is -0.383. The summed E-state index contributed by atoms with van der Waals surface area (Å²) in [7, 11) is 0. The Morgan fingerprint density at radius 2 is 2.39 bits per heavy atom. The molecule has 0 spiro atoms. The average molecular weight is 252 g/mol. The molecule has 6 nitrogen and oxygen atoms in total. The number of pyridine rings is 1. The van der Waals surface area contributed by atoms with Crippen molar-refractivity contribution in [3.63, 3.8) is 0 Å². The van der Waals surface area contributed by atoms with Crippen molar-refractivity contribution in [2.24, 2.45) is 0 Å². The number of rotatable bonds is 2. The lowest BCUT2D eigenvalue weighted by atomic mass is 9.87. The fraction of sp³-hybridized carbons (Fsp3) is 0.583. The maximum Gasteiger partial charge on any atom is 0.293 e. The molecule has 1 saturated heterocycles. The zero-order chi connectivity index (χ0) is 13.3. The van der Waals surface area contributed by atoms with Crippen molar-refractivity contribution in [2.45, 2.75) is 44.5 Å². The summed E-state index contributed by atoms with van der Waals surface area (Å²) in [6, 6.07) is 1.61. The van der Waals surface area contributed by atoms with E-state index < -0.39 is 10.5 Å². The van der Waals surface area contributed by atoms with Gasteiger partial charge >= 0.3 is 0 Å².